The lowest BCUT2D eigenvalue weighted by Crippen LogP contribution is -2.09. The summed E-state index contributed by atoms with van der Waals surface area (Å²) in [6.07, 6.45) is 0.802. The van der Waals surface area contributed by atoms with E-state index in [0.29, 0.717) is 12.0 Å². The number of esters is 1. The molecule has 7 heteroatoms. The zero-order chi connectivity index (χ0) is 14.2. The van der Waals surface area contributed by atoms with Crippen molar-refractivity contribution >= 4 is 21.9 Å². The molecule has 0 atom stereocenters. The van der Waals surface area contributed by atoms with E-state index in [-0.39, 0.29) is 31.7 Å². The van der Waals surface area contributed by atoms with Gasteiger partial charge in [-0.15, -0.1) is 0 Å². The first-order valence-electron chi connectivity index (χ1n) is 5.52. The Bertz CT molecular complexity index is 409. The molecule has 0 radical (unpaired) electrons. The molecule has 0 aliphatic carbocycles. The molecule has 0 heterocycles. The Balaban J connectivity index is 3.60. The second-order valence-electron chi connectivity index (χ2n) is 3.95. The molecule has 0 aliphatic heterocycles. The average molecular weight is 278 g/mol. The lowest BCUT2D eigenvalue weighted by molar-refractivity contribution is -0.139. The number of ketones is 1. The molecule has 0 aliphatic rings. The fraction of sp³-hybridized carbons (Fsp3) is 0.636. The highest BCUT2D eigenvalue weighted by Gasteiger charge is 2.08. The summed E-state index contributed by atoms with van der Waals surface area (Å²) in [4.78, 5) is 22.2. The molecular weight excluding hydrogens is 260 g/mol. The summed E-state index contributed by atoms with van der Waals surface area (Å²) in [5.74, 6) is -1.03. The molecule has 0 amide bonds. The fourth-order valence-electron chi connectivity index (χ4n) is 1.13. The third-order valence-corrected chi connectivity index (χ3v) is 2.84. The zero-order valence-corrected chi connectivity index (χ0v) is 11.2. The van der Waals surface area contributed by atoms with E-state index in [0.717, 1.165) is 0 Å². The maximum atomic E-state index is 11.3. The predicted octanol–water partition coefficient (Wildman–Crippen LogP) is 1.12. The molecule has 0 saturated heterocycles. The van der Waals surface area contributed by atoms with E-state index in [1.54, 1.807) is 0 Å². The monoisotopic (exact) mass is 278 g/mol. The molecule has 0 aromatic rings. The lowest BCUT2D eigenvalue weighted by Gasteiger charge is -2.03. The quantitative estimate of drug-likeness (QED) is 0.294. The Hall–Kier alpha value is -1.21. The van der Waals surface area contributed by atoms with Crippen molar-refractivity contribution in [3.63, 3.8) is 0 Å². The van der Waals surface area contributed by atoms with Gasteiger partial charge in [-0.1, -0.05) is 6.58 Å². The standard InChI is InChI=1S/C11H18O6S/c1-9(2)11(13)17-7-3-5-10(12)6-4-8-18(14,15)16/h1,3-8H2,2H3,(H,14,15,16). The van der Waals surface area contributed by atoms with Gasteiger partial charge >= 0.3 is 5.97 Å². The maximum absolute atomic E-state index is 11.3. The van der Waals surface area contributed by atoms with Crippen LogP contribution in [0.15, 0.2) is 12.2 Å². The average Bonchev–Trinajstić information content (AvgIpc) is 2.22. The minimum Gasteiger partial charge on any atom is -0.462 e. The Labute approximate surface area is 107 Å². The second-order valence-corrected chi connectivity index (χ2v) is 5.52. The van der Waals surface area contributed by atoms with Crippen molar-refractivity contribution < 1.29 is 27.3 Å². The van der Waals surface area contributed by atoms with Crippen molar-refractivity contribution in [1.82, 2.24) is 0 Å². The van der Waals surface area contributed by atoms with Crippen LogP contribution in [-0.2, 0) is 24.4 Å². The molecule has 18 heavy (non-hydrogen) atoms. The van der Waals surface area contributed by atoms with Crippen molar-refractivity contribution in [2.45, 2.75) is 32.6 Å². The molecule has 0 aromatic heterocycles. The first-order chi connectivity index (χ1) is 8.22. The summed E-state index contributed by atoms with van der Waals surface area (Å²) in [7, 11) is -4.00. The van der Waals surface area contributed by atoms with E-state index in [1.807, 2.05) is 0 Å². The minimum absolute atomic E-state index is 0.0915. The number of carbonyl (C=O) groups is 2. The predicted molar refractivity (Wildman–Crippen MR) is 65.7 cm³/mol. The van der Waals surface area contributed by atoms with Gasteiger partial charge in [0.05, 0.1) is 12.4 Å². The summed E-state index contributed by atoms with van der Waals surface area (Å²) in [6, 6.07) is 0. The van der Waals surface area contributed by atoms with Crippen LogP contribution >= 0.6 is 0 Å². The SMILES string of the molecule is C=C(C)C(=O)OCCCC(=O)CCCS(=O)(=O)O. The van der Waals surface area contributed by atoms with E-state index < -0.39 is 21.8 Å². The van der Waals surface area contributed by atoms with Gasteiger partial charge in [0, 0.05) is 18.4 Å². The van der Waals surface area contributed by atoms with Gasteiger partial charge in [-0.3, -0.25) is 9.35 Å². The van der Waals surface area contributed by atoms with Crippen LogP contribution < -0.4 is 0 Å². The Morgan fingerprint density at radius 3 is 2.28 bits per heavy atom. The van der Waals surface area contributed by atoms with Crippen molar-refractivity contribution in [3.8, 4) is 0 Å². The molecule has 0 bridgehead atoms. The molecule has 0 spiro atoms. The van der Waals surface area contributed by atoms with Gasteiger partial charge in [-0.25, -0.2) is 4.79 Å². The summed E-state index contributed by atoms with van der Waals surface area (Å²) >= 11 is 0. The lowest BCUT2D eigenvalue weighted by atomic mass is 10.1. The highest BCUT2D eigenvalue weighted by atomic mass is 32.2. The zero-order valence-electron chi connectivity index (χ0n) is 10.3. The van der Waals surface area contributed by atoms with E-state index >= 15 is 0 Å². The molecular formula is C11H18O6S. The fourth-order valence-corrected chi connectivity index (χ4v) is 1.64. The van der Waals surface area contributed by atoms with E-state index in [9.17, 15) is 18.0 Å². The maximum Gasteiger partial charge on any atom is 0.333 e. The van der Waals surface area contributed by atoms with Gasteiger partial charge in [-0.2, -0.15) is 8.42 Å². The van der Waals surface area contributed by atoms with Crippen LogP contribution in [0.3, 0.4) is 0 Å². The van der Waals surface area contributed by atoms with Gasteiger partial charge in [0.2, 0.25) is 0 Å². The van der Waals surface area contributed by atoms with Crippen LogP contribution in [0, 0.1) is 0 Å². The molecule has 1 N–H and O–H groups in total. The van der Waals surface area contributed by atoms with Gasteiger partial charge in [0.25, 0.3) is 10.1 Å². The highest BCUT2D eigenvalue weighted by molar-refractivity contribution is 7.85. The first-order valence-corrected chi connectivity index (χ1v) is 7.13. The van der Waals surface area contributed by atoms with Crippen LogP contribution in [-0.4, -0.2) is 37.1 Å². The third kappa shape index (κ3) is 9.98. The molecule has 104 valence electrons. The van der Waals surface area contributed by atoms with Crippen LogP contribution in [0.4, 0.5) is 0 Å². The molecule has 0 rings (SSSR count). The Kier molecular flexibility index (Phi) is 7.45. The normalized spacial score (nSPS) is 11.0. The second kappa shape index (κ2) is 7.99. The smallest absolute Gasteiger partial charge is 0.333 e. The summed E-state index contributed by atoms with van der Waals surface area (Å²) in [6.45, 7) is 5.08. The van der Waals surface area contributed by atoms with Gasteiger partial charge < -0.3 is 4.74 Å². The Morgan fingerprint density at radius 1 is 1.22 bits per heavy atom. The highest BCUT2D eigenvalue weighted by Crippen LogP contribution is 2.02. The van der Waals surface area contributed by atoms with Crippen molar-refractivity contribution in [2.75, 3.05) is 12.4 Å². The van der Waals surface area contributed by atoms with E-state index in [4.69, 9.17) is 9.29 Å². The van der Waals surface area contributed by atoms with Crippen molar-refractivity contribution in [3.05, 3.63) is 12.2 Å². The van der Waals surface area contributed by atoms with E-state index in [1.165, 1.54) is 6.92 Å². The van der Waals surface area contributed by atoms with Crippen LogP contribution in [0.2, 0.25) is 0 Å². The number of hydrogen-bond acceptors (Lipinski definition) is 5. The molecule has 0 fully saturated rings. The molecule has 0 saturated carbocycles. The van der Waals surface area contributed by atoms with Crippen molar-refractivity contribution in [1.29, 1.82) is 0 Å². The molecule has 6 nitrogen and oxygen atoms in total. The van der Waals surface area contributed by atoms with Gasteiger partial charge in [0.15, 0.2) is 0 Å². The van der Waals surface area contributed by atoms with Crippen LogP contribution in [0.5, 0.6) is 0 Å². The number of ether oxygens (including phenoxy) is 1. The summed E-state index contributed by atoms with van der Waals surface area (Å²) in [5, 5.41) is 0. The van der Waals surface area contributed by atoms with Crippen molar-refractivity contribution in [2.24, 2.45) is 0 Å². The Morgan fingerprint density at radius 2 is 1.78 bits per heavy atom. The largest absolute Gasteiger partial charge is 0.462 e. The first kappa shape index (κ1) is 16.8. The topological polar surface area (TPSA) is 97.7 Å². The number of hydrogen-bond donors (Lipinski definition) is 1. The van der Waals surface area contributed by atoms with Gasteiger partial charge in [-0.05, 0) is 19.8 Å². The van der Waals surface area contributed by atoms with Crippen LogP contribution in [0.1, 0.15) is 32.6 Å². The summed E-state index contributed by atoms with van der Waals surface area (Å²) < 4.78 is 34.0. The molecule has 0 unspecified atom stereocenters. The number of carbonyl (C=O) groups excluding carboxylic acids is 2. The van der Waals surface area contributed by atoms with E-state index in [2.05, 4.69) is 6.58 Å². The third-order valence-electron chi connectivity index (χ3n) is 2.04. The summed E-state index contributed by atoms with van der Waals surface area (Å²) in [5.41, 5.74) is 0.300. The van der Waals surface area contributed by atoms with Gasteiger partial charge in [0.1, 0.15) is 5.78 Å². The minimum atomic E-state index is -4.00. The van der Waals surface area contributed by atoms with Crippen LogP contribution in [0.25, 0.3) is 0 Å². The number of Topliss-reactive ketones (excluding diaryl/α,β-unsaturated/α-hetero) is 1. The molecule has 0 aromatic carbocycles. The number of rotatable bonds is 9.